The van der Waals surface area contributed by atoms with E-state index in [-0.39, 0.29) is 11.7 Å². The number of benzene rings is 2. The highest BCUT2D eigenvalue weighted by Gasteiger charge is 2.29. The first kappa shape index (κ1) is 23.9. The van der Waals surface area contributed by atoms with Gasteiger partial charge in [0.25, 0.3) is 0 Å². The second-order valence-electron chi connectivity index (χ2n) is 7.68. The average Bonchev–Trinajstić information content (AvgIpc) is 3.08. The second kappa shape index (κ2) is 10.2. The van der Waals surface area contributed by atoms with Crippen molar-refractivity contribution >= 4 is 50.6 Å². The Balaban J connectivity index is 1.65. The molecule has 3 N–H and O–H groups in total. The summed E-state index contributed by atoms with van der Waals surface area (Å²) in [5.74, 6) is -0.202. The number of rotatable bonds is 7. The largest absolute Gasteiger partial charge is 0.326 e. The van der Waals surface area contributed by atoms with Crippen molar-refractivity contribution in [2.45, 2.75) is 39.2 Å². The molecule has 0 radical (unpaired) electrons. The number of carbonyl (C=O) groups excluding carboxylic acids is 2. The molecule has 1 aliphatic rings. The third-order valence-corrected chi connectivity index (χ3v) is 7.24. The normalized spacial score (nSPS) is 15.8. The number of hydrogen-bond donors (Lipinski definition) is 3. The van der Waals surface area contributed by atoms with Crippen LogP contribution in [-0.4, -0.2) is 38.7 Å². The zero-order valence-electron chi connectivity index (χ0n) is 18.0. The summed E-state index contributed by atoms with van der Waals surface area (Å²) in [6, 6.07) is 10.5. The first-order chi connectivity index (χ1) is 15.2. The summed E-state index contributed by atoms with van der Waals surface area (Å²) >= 11 is 5.85. The van der Waals surface area contributed by atoms with Crippen LogP contribution >= 0.6 is 11.6 Å². The lowest BCUT2D eigenvalue weighted by molar-refractivity contribution is -0.118. The van der Waals surface area contributed by atoms with E-state index < -0.39 is 22.1 Å². The van der Waals surface area contributed by atoms with Crippen molar-refractivity contribution in [1.82, 2.24) is 5.32 Å². The minimum absolute atomic E-state index is 0.146. The van der Waals surface area contributed by atoms with Gasteiger partial charge in [0.1, 0.15) is 6.04 Å². The molecule has 32 heavy (non-hydrogen) atoms. The van der Waals surface area contributed by atoms with Crippen LogP contribution < -0.4 is 20.3 Å². The van der Waals surface area contributed by atoms with Crippen molar-refractivity contribution in [3.8, 4) is 0 Å². The van der Waals surface area contributed by atoms with Crippen molar-refractivity contribution in [3.63, 3.8) is 0 Å². The Labute approximate surface area is 193 Å². The molecule has 0 aromatic heterocycles. The molecular weight excluding hydrogens is 452 g/mol. The molecule has 0 saturated carbocycles. The van der Waals surface area contributed by atoms with Gasteiger partial charge in [-0.15, -0.1) is 0 Å². The number of amides is 3. The molecule has 1 atom stereocenters. The van der Waals surface area contributed by atoms with E-state index in [0.717, 1.165) is 5.56 Å². The highest BCUT2D eigenvalue weighted by atomic mass is 35.5. The van der Waals surface area contributed by atoms with Crippen LogP contribution in [0.2, 0.25) is 5.02 Å². The van der Waals surface area contributed by atoms with Gasteiger partial charge in [-0.25, -0.2) is 13.2 Å². The molecule has 1 heterocycles. The molecule has 2 aromatic rings. The summed E-state index contributed by atoms with van der Waals surface area (Å²) in [5.41, 5.74) is 2.46. The van der Waals surface area contributed by atoms with Crippen LogP contribution in [0.5, 0.6) is 0 Å². The third kappa shape index (κ3) is 5.92. The lowest BCUT2D eigenvalue weighted by atomic mass is 10.1. The van der Waals surface area contributed by atoms with E-state index in [4.69, 9.17) is 11.6 Å². The fraction of sp³-hybridized carbons (Fsp3) is 0.364. The summed E-state index contributed by atoms with van der Waals surface area (Å²) in [6.45, 7) is 4.19. The van der Waals surface area contributed by atoms with Crippen LogP contribution in [0.15, 0.2) is 42.5 Å². The van der Waals surface area contributed by atoms with Crippen LogP contribution in [0.1, 0.15) is 31.7 Å². The summed E-state index contributed by atoms with van der Waals surface area (Å²) < 4.78 is 25.8. The SMILES string of the molecule is CCCC(NC(=O)Nc1ccc(Cl)cc1)C(=O)Nc1ccc(N2CCCS2(=O)=O)c(C)c1. The molecule has 1 saturated heterocycles. The number of carbonyl (C=O) groups is 2. The molecule has 172 valence electrons. The highest BCUT2D eigenvalue weighted by Crippen LogP contribution is 2.29. The molecule has 1 fully saturated rings. The Hall–Kier alpha value is -2.78. The van der Waals surface area contributed by atoms with Gasteiger partial charge in [0.05, 0.1) is 11.4 Å². The Morgan fingerprint density at radius 1 is 1.09 bits per heavy atom. The van der Waals surface area contributed by atoms with E-state index in [1.807, 2.05) is 6.92 Å². The van der Waals surface area contributed by atoms with Crippen molar-refractivity contribution in [2.75, 3.05) is 27.2 Å². The number of nitrogens with one attached hydrogen (secondary N) is 3. The molecule has 8 nitrogen and oxygen atoms in total. The van der Waals surface area contributed by atoms with Gasteiger partial charge in [0.15, 0.2) is 0 Å². The van der Waals surface area contributed by atoms with Crippen LogP contribution in [-0.2, 0) is 14.8 Å². The van der Waals surface area contributed by atoms with Crippen molar-refractivity contribution in [2.24, 2.45) is 0 Å². The van der Waals surface area contributed by atoms with E-state index in [1.54, 1.807) is 49.4 Å². The Bertz CT molecular complexity index is 1090. The zero-order valence-corrected chi connectivity index (χ0v) is 19.6. The number of halogens is 1. The fourth-order valence-electron chi connectivity index (χ4n) is 3.57. The van der Waals surface area contributed by atoms with Crippen molar-refractivity contribution in [1.29, 1.82) is 0 Å². The van der Waals surface area contributed by atoms with E-state index in [0.29, 0.717) is 47.9 Å². The molecule has 1 aliphatic heterocycles. The van der Waals surface area contributed by atoms with Gasteiger partial charge < -0.3 is 16.0 Å². The van der Waals surface area contributed by atoms with Gasteiger partial charge in [0.2, 0.25) is 15.9 Å². The molecule has 2 aromatic carbocycles. The lowest BCUT2D eigenvalue weighted by Crippen LogP contribution is -2.45. The maximum Gasteiger partial charge on any atom is 0.319 e. The number of aryl methyl sites for hydroxylation is 1. The number of nitrogens with zero attached hydrogens (tertiary/aromatic N) is 1. The Kier molecular flexibility index (Phi) is 7.63. The van der Waals surface area contributed by atoms with Gasteiger partial charge >= 0.3 is 6.03 Å². The number of urea groups is 1. The Morgan fingerprint density at radius 3 is 2.38 bits per heavy atom. The molecule has 3 amide bonds. The first-order valence-electron chi connectivity index (χ1n) is 10.4. The summed E-state index contributed by atoms with van der Waals surface area (Å²) in [7, 11) is -3.28. The molecule has 0 aliphatic carbocycles. The standard InChI is InChI=1S/C22H27ClN4O4S/c1-3-5-19(26-22(29)25-17-8-6-16(23)7-9-17)21(28)24-18-10-11-20(15(2)14-18)27-12-4-13-32(27,30)31/h6-11,14,19H,3-5,12-13H2,1-2H3,(H,24,28)(H2,25,26,29). The van der Waals surface area contributed by atoms with Crippen LogP contribution in [0, 0.1) is 6.92 Å². The van der Waals surface area contributed by atoms with Gasteiger partial charge in [0, 0.05) is 22.9 Å². The third-order valence-electron chi connectivity index (χ3n) is 5.13. The van der Waals surface area contributed by atoms with E-state index >= 15 is 0 Å². The summed E-state index contributed by atoms with van der Waals surface area (Å²) in [6.07, 6.45) is 1.76. The van der Waals surface area contributed by atoms with Gasteiger partial charge in [-0.3, -0.25) is 9.10 Å². The molecule has 1 unspecified atom stereocenters. The van der Waals surface area contributed by atoms with Gasteiger partial charge in [-0.2, -0.15) is 0 Å². The molecule has 0 spiro atoms. The van der Waals surface area contributed by atoms with Crippen molar-refractivity contribution in [3.05, 3.63) is 53.1 Å². The summed E-state index contributed by atoms with van der Waals surface area (Å²) in [4.78, 5) is 25.2. The highest BCUT2D eigenvalue weighted by molar-refractivity contribution is 7.93. The minimum Gasteiger partial charge on any atom is -0.326 e. The number of hydrogen-bond acceptors (Lipinski definition) is 4. The predicted octanol–water partition coefficient (Wildman–Crippen LogP) is 4.12. The van der Waals surface area contributed by atoms with Crippen LogP contribution in [0.4, 0.5) is 21.9 Å². The smallest absolute Gasteiger partial charge is 0.319 e. The molecule has 0 bridgehead atoms. The number of sulfonamides is 1. The maximum absolute atomic E-state index is 12.8. The fourth-order valence-corrected chi connectivity index (χ4v) is 5.32. The Morgan fingerprint density at radius 2 is 1.78 bits per heavy atom. The van der Waals surface area contributed by atoms with E-state index in [2.05, 4.69) is 16.0 Å². The molecular formula is C22H27ClN4O4S. The lowest BCUT2D eigenvalue weighted by Gasteiger charge is -2.21. The van der Waals surface area contributed by atoms with Gasteiger partial charge in [-0.1, -0.05) is 24.9 Å². The van der Waals surface area contributed by atoms with Gasteiger partial charge in [-0.05, 0) is 67.8 Å². The van der Waals surface area contributed by atoms with E-state index in [9.17, 15) is 18.0 Å². The van der Waals surface area contributed by atoms with Crippen LogP contribution in [0.25, 0.3) is 0 Å². The molecule has 10 heteroatoms. The average molecular weight is 479 g/mol. The second-order valence-corrected chi connectivity index (χ2v) is 10.1. The summed E-state index contributed by atoms with van der Waals surface area (Å²) in [5, 5.41) is 8.76. The van der Waals surface area contributed by atoms with Crippen molar-refractivity contribution < 1.29 is 18.0 Å². The zero-order chi connectivity index (χ0) is 23.3. The molecule has 3 rings (SSSR count). The van der Waals surface area contributed by atoms with E-state index in [1.165, 1.54) is 4.31 Å². The monoisotopic (exact) mass is 478 g/mol. The predicted molar refractivity (Wildman–Crippen MR) is 128 cm³/mol. The maximum atomic E-state index is 12.8. The van der Waals surface area contributed by atoms with Crippen LogP contribution in [0.3, 0.4) is 0 Å². The quantitative estimate of drug-likeness (QED) is 0.556. The topological polar surface area (TPSA) is 108 Å². The minimum atomic E-state index is -3.28. The number of anilines is 3. The first-order valence-corrected chi connectivity index (χ1v) is 12.4.